The van der Waals surface area contributed by atoms with Crippen molar-refractivity contribution in [2.75, 3.05) is 0 Å². The molecule has 2 nitrogen and oxygen atoms in total. The molecule has 2 rings (SSSR count). The van der Waals surface area contributed by atoms with Crippen LogP contribution in [0.1, 0.15) is 0 Å². The monoisotopic (exact) mass is 249 g/mol. The van der Waals surface area contributed by atoms with Crippen LogP contribution in [0.5, 0.6) is 0 Å². The van der Waals surface area contributed by atoms with Crippen molar-refractivity contribution >= 4 is 17.6 Å². The minimum absolute atomic E-state index is 0.965. The minimum Gasteiger partial charge on any atom is -0.288 e. The highest BCUT2D eigenvalue weighted by Crippen LogP contribution is 2.08. The molecule has 2 N–H and O–H groups in total. The molecular formula is C17H17N2+. The summed E-state index contributed by atoms with van der Waals surface area (Å²) in [4.78, 5) is 4.31. The van der Waals surface area contributed by atoms with Gasteiger partial charge in [0.1, 0.15) is 5.69 Å². The van der Waals surface area contributed by atoms with Gasteiger partial charge >= 0.3 is 0 Å². The van der Waals surface area contributed by atoms with E-state index in [-0.39, 0.29) is 0 Å². The van der Waals surface area contributed by atoms with Crippen molar-refractivity contribution in [1.29, 1.82) is 0 Å². The summed E-state index contributed by atoms with van der Waals surface area (Å²) in [5.41, 5.74) is 2.16. The molecule has 19 heavy (non-hydrogen) atoms. The topological polar surface area (TPSA) is 29.0 Å². The van der Waals surface area contributed by atoms with Gasteiger partial charge in [0, 0.05) is 6.21 Å². The number of quaternary nitrogens is 1. The Morgan fingerprint density at radius 1 is 0.737 bits per heavy atom. The average Bonchev–Trinajstić information content (AvgIpc) is 2.48. The molecule has 0 amide bonds. The molecule has 0 atom stereocenters. The van der Waals surface area contributed by atoms with Gasteiger partial charge in [-0.3, -0.25) is 10.3 Å². The Kier molecular flexibility index (Phi) is 5.33. The molecule has 0 aromatic heterocycles. The van der Waals surface area contributed by atoms with Gasteiger partial charge in [-0.15, -0.1) is 0 Å². The van der Waals surface area contributed by atoms with E-state index < -0.39 is 0 Å². The molecule has 2 aromatic carbocycles. The molecular weight excluding hydrogens is 232 g/mol. The number of hydrogen-bond acceptors (Lipinski definition) is 1. The average molecular weight is 249 g/mol. The SMILES string of the molecule is C(/C=C/C=C/[NH2+]c1ccccc1)=Nc1ccccc1. The second-order valence-electron chi connectivity index (χ2n) is 3.96. The number of para-hydroxylation sites is 2. The van der Waals surface area contributed by atoms with Crippen LogP contribution in [-0.2, 0) is 0 Å². The highest BCUT2D eigenvalue weighted by molar-refractivity contribution is 5.74. The van der Waals surface area contributed by atoms with Crippen molar-refractivity contribution in [3.8, 4) is 0 Å². The quantitative estimate of drug-likeness (QED) is 0.478. The Balaban J connectivity index is 1.76. The molecule has 0 spiro atoms. The van der Waals surface area contributed by atoms with Gasteiger partial charge in [-0.05, 0) is 36.4 Å². The van der Waals surface area contributed by atoms with E-state index in [1.807, 2.05) is 73.0 Å². The van der Waals surface area contributed by atoms with Crippen LogP contribution in [0.2, 0.25) is 0 Å². The lowest BCUT2D eigenvalue weighted by Gasteiger charge is -1.90. The standard InChI is InChI=1S/C17H16N2/c1-4-10-16(11-5-1)18-14-8-3-9-15-19-17-12-6-2-7-13-17/h1-15,18H/p+1/b9-3+,14-8+,19-15?. The predicted octanol–water partition coefficient (Wildman–Crippen LogP) is 3.35. The van der Waals surface area contributed by atoms with Gasteiger partial charge in [0.25, 0.3) is 0 Å². The third-order valence-corrected chi connectivity index (χ3v) is 2.49. The van der Waals surface area contributed by atoms with Gasteiger partial charge in [0.2, 0.25) is 0 Å². The van der Waals surface area contributed by atoms with Crippen LogP contribution in [0.25, 0.3) is 0 Å². The van der Waals surface area contributed by atoms with Gasteiger partial charge in [-0.25, -0.2) is 0 Å². The van der Waals surface area contributed by atoms with Crippen molar-refractivity contribution < 1.29 is 5.32 Å². The summed E-state index contributed by atoms with van der Waals surface area (Å²) in [6.45, 7) is 0. The summed E-state index contributed by atoms with van der Waals surface area (Å²) in [5.74, 6) is 0. The van der Waals surface area contributed by atoms with E-state index in [1.54, 1.807) is 6.21 Å². The number of aliphatic imine (C=N–C) groups is 1. The fourth-order valence-electron chi connectivity index (χ4n) is 1.55. The van der Waals surface area contributed by atoms with Crippen LogP contribution in [0.15, 0.2) is 90.1 Å². The van der Waals surface area contributed by atoms with Gasteiger partial charge in [-0.1, -0.05) is 42.5 Å². The maximum absolute atomic E-state index is 4.31. The van der Waals surface area contributed by atoms with Crippen molar-refractivity contribution in [2.24, 2.45) is 4.99 Å². The first-order chi connectivity index (χ1) is 9.45. The van der Waals surface area contributed by atoms with Crippen LogP contribution in [0.4, 0.5) is 11.4 Å². The summed E-state index contributed by atoms with van der Waals surface area (Å²) < 4.78 is 0. The largest absolute Gasteiger partial charge is 0.288 e. The molecule has 0 bridgehead atoms. The summed E-state index contributed by atoms with van der Waals surface area (Å²) in [5, 5.41) is 2.07. The number of rotatable bonds is 5. The molecule has 0 aliphatic carbocycles. The number of hydrogen-bond donors (Lipinski definition) is 1. The fraction of sp³-hybridized carbons (Fsp3) is 0. The van der Waals surface area contributed by atoms with Crippen molar-refractivity contribution in [3.63, 3.8) is 0 Å². The second-order valence-corrected chi connectivity index (χ2v) is 3.96. The minimum atomic E-state index is 0.965. The van der Waals surface area contributed by atoms with Crippen molar-refractivity contribution in [2.45, 2.75) is 0 Å². The molecule has 0 saturated heterocycles. The van der Waals surface area contributed by atoms with Crippen LogP contribution in [0.3, 0.4) is 0 Å². The van der Waals surface area contributed by atoms with E-state index in [0.29, 0.717) is 0 Å². The zero-order valence-electron chi connectivity index (χ0n) is 10.7. The lowest BCUT2D eigenvalue weighted by Crippen LogP contribution is -2.70. The molecule has 0 heterocycles. The molecule has 0 fully saturated rings. The first kappa shape index (κ1) is 13.0. The highest BCUT2D eigenvalue weighted by atomic mass is 14.8. The maximum Gasteiger partial charge on any atom is 0.134 e. The molecule has 0 saturated carbocycles. The van der Waals surface area contributed by atoms with E-state index in [0.717, 1.165) is 5.69 Å². The molecule has 0 unspecified atom stereocenters. The van der Waals surface area contributed by atoms with Gasteiger partial charge in [0.05, 0.1) is 11.9 Å². The third kappa shape index (κ3) is 5.15. The fourth-order valence-corrected chi connectivity index (χ4v) is 1.55. The van der Waals surface area contributed by atoms with E-state index in [9.17, 15) is 0 Å². The van der Waals surface area contributed by atoms with E-state index >= 15 is 0 Å². The molecule has 0 aliphatic heterocycles. The molecule has 2 heteroatoms. The lowest BCUT2D eigenvalue weighted by molar-refractivity contribution is -0.496. The van der Waals surface area contributed by atoms with E-state index in [2.05, 4.69) is 22.4 Å². The van der Waals surface area contributed by atoms with Crippen molar-refractivity contribution in [3.05, 3.63) is 85.1 Å². The molecule has 94 valence electrons. The summed E-state index contributed by atoms with van der Waals surface area (Å²) in [6.07, 6.45) is 9.68. The summed E-state index contributed by atoms with van der Waals surface area (Å²) in [7, 11) is 0. The number of nitrogens with two attached hydrogens (primary N) is 1. The third-order valence-electron chi connectivity index (χ3n) is 2.49. The number of benzene rings is 2. The van der Waals surface area contributed by atoms with E-state index in [1.165, 1.54) is 5.69 Å². The van der Waals surface area contributed by atoms with Gasteiger partial charge < -0.3 is 0 Å². The maximum atomic E-state index is 4.31. The first-order valence-electron chi connectivity index (χ1n) is 6.26. The van der Waals surface area contributed by atoms with Gasteiger partial charge in [0.15, 0.2) is 0 Å². The summed E-state index contributed by atoms with van der Waals surface area (Å²) in [6, 6.07) is 20.1. The molecule has 0 radical (unpaired) electrons. The van der Waals surface area contributed by atoms with Crippen LogP contribution in [-0.4, -0.2) is 6.21 Å². The Hall–Kier alpha value is -2.45. The molecule has 0 aliphatic rings. The zero-order valence-corrected chi connectivity index (χ0v) is 10.7. The van der Waals surface area contributed by atoms with E-state index in [4.69, 9.17) is 0 Å². The number of nitrogens with zero attached hydrogens (tertiary/aromatic N) is 1. The van der Waals surface area contributed by atoms with Crippen LogP contribution in [0, 0.1) is 0 Å². The van der Waals surface area contributed by atoms with Crippen molar-refractivity contribution in [1.82, 2.24) is 0 Å². The Labute approximate surface area is 113 Å². The van der Waals surface area contributed by atoms with Gasteiger partial charge in [-0.2, -0.15) is 0 Å². The summed E-state index contributed by atoms with van der Waals surface area (Å²) >= 11 is 0. The smallest absolute Gasteiger partial charge is 0.134 e. The number of allylic oxidation sites excluding steroid dienone is 3. The highest BCUT2D eigenvalue weighted by Gasteiger charge is 1.87. The normalized spacial score (nSPS) is 11.8. The zero-order chi connectivity index (χ0) is 13.2. The predicted molar refractivity (Wildman–Crippen MR) is 80.9 cm³/mol. The van der Waals surface area contributed by atoms with Crippen LogP contribution < -0.4 is 5.32 Å². The van der Waals surface area contributed by atoms with Crippen LogP contribution >= 0.6 is 0 Å². The lowest BCUT2D eigenvalue weighted by atomic mass is 10.3. The molecule has 2 aromatic rings. The first-order valence-corrected chi connectivity index (χ1v) is 6.26. The Morgan fingerprint density at radius 2 is 1.42 bits per heavy atom. The second kappa shape index (κ2) is 7.80. The Bertz CT molecular complexity index is 554. The Morgan fingerprint density at radius 3 is 2.16 bits per heavy atom.